The van der Waals surface area contributed by atoms with Gasteiger partial charge in [-0.15, -0.1) is 0 Å². The van der Waals surface area contributed by atoms with Crippen LogP contribution in [0.1, 0.15) is 5.56 Å². The quantitative estimate of drug-likeness (QED) is 0.649. The second kappa shape index (κ2) is 6.47. The van der Waals surface area contributed by atoms with Crippen LogP contribution in [0.25, 0.3) is 0 Å². The van der Waals surface area contributed by atoms with Gasteiger partial charge in [0, 0.05) is 12.1 Å². The first-order chi connectivity index (χ1) is 9.74. The van der Waals surface area contributed by atoms with Crippen LogP contribution in [-0.2, 0) is 0 Å². The predicted molar refractivity (Wildman–Crippen MR) is 78.9 cm³/mol. The zero-order valence-electron chi connectivity index (χ0n) is 11.3. The number of aromatic hydroxyl groups is 1. The zero-order valence-corrected chi connectivity index (χ0v) is 11.3. The van der Waals surface area contributed by atoms with E-state index in [1.807, 2.05) is 30.3 Å². The summed E-state index contributed by atoms with van der Waals surface area (Å²) in [6.07, 6.45) is 1.50. The fourth-order valence-corrected chi connectivity index (χ4v) is 1.69. The minimum Gasteiger partial charge on any atom is -0.507 e. The van der Waals surface area contributed by atoms with Gasteiger partial charge in [-0.2, -0.15) is 5.10 Å². The summed E-state index contributed by atoms with van der Waals surface area (Å²) in [6.45, 7) is 0. The molecule has 0 aliphatic rings. The molecule has 0 aromatic heterocycles. The molecule has 0 unspecified atom stereocenters. The number of nitrogens with zero attached hydrogens (tertiary/aromatic N) is 1. The van der Waals surface area contributed by atoms with Crippen LogP contribution in [0.3, 0.4) is 0 Å². The minimum atomic E-state index is 0.0415. The lowest BCUT2D eigenvalue weighted by atomic mass is 10.2. The lowest BCUT2D eigenvalue weighted by Gasteiger charge is -2.09. The third kappa shape index (κ3) is 3.20. The number of nitrogens with one attached hydrogen (secondary N) is 1. The monoisotopic (exact) mass is 272 g/mol. The van der Waals surface area contributed by atoms with Gasteiger partial charge in [-0.25, -0.2) is 0 Å². The van der Waals surface area contributed by atoms with Crippen LogP contribution in [0.5, 0.6) is 17.2 Å². The van der Waals surface area contributed by atoms with Crippen LogP contribution in [0.4, 0.5) is 5.69 Å². The van der Waals surface area contributed by atoms with E-state index in [4.69, 9.17) is 9.47 Å². The molecular formula is C15H16N2O3. The van der Waals surface area contributed by atoms with E-state index in [2.05, 4.69) is 10.5 Å². The smallest absolute Gasteiger partial charge is 0.135 e. The molecule has 2 N–H and O–H groups in total. The van der Waals surface area contributed by atoms with Gasteiger partial charge < -0.3 is 14.6 Å². The van der Waals surface area contributed by atoms with E-state index >= 15 is 0 Å². The Morgan fingerprint density at radius 3 is 2.50 bits per heavy atom. The van der Waals surface area contributed by atoms with E-state index in [-0.39, 0.29) is 5.75 Å². The Kier molecular flexibility index (Phi) is 4.44. The van der Waals surface area contributed by atoms with Crippen LogP contribution in [0.15, 0.2) is 47.6 Å². The zero-order chi connectivity index (χ0) is 14.4. The van der Waals surface area contributed by atoms with Crippen molar-refractivity contribution in [1.29, 1.82) is 0 Å². The molecule has 0 atom stereocenters. The summed E-state index contributed by atoms with van der Waals surface area (Å²) in [7, 11) is 3.05. The van der Waals surface area contributed by atoms with Gasteiger partial charge in [0.05, 0.1) is 31.7 Å². The van der Waals surface area contributed by atoms with E-state index in [1.54, 1.807) is 6.07 Å². The Bertz CT molecular complexity index is 598. The van der Waals surface area contributed by atoms with Gasteiger partial charge in [-0.3, -0.25) is 5.43 Å². The van der Waals surface area contributed by atoms with Crippen LogP contribution in [-0.4, -0.2) is 25.5 Å². The maximum atomic E-state index is 9.95. The number of hydrogen-bond acceptors (Lipinski definition) is 5. The third-order valence-electron chi connectivity index (χ3n) is 2.71. The van der Waals surface area contributed by atoms with Crippen LogP contribution in [0.2, 0.25) is 0 Å². The molecule has 0 aliphatic heterocycles. The molecular weight excluding hydrogens is 256 g/mol. The van der Waals surface area contributed by atoms with Crippen molar-refractivity contribution in [2.45, 2.75) is 0 Å². The highest BCUT2D eigenvalue weighted by Gasteiger charge is 2.09. The van der Waals surface area contributed by atoms with Crippen molar-refractivity contribution in [2.24, 2.45) is 5.10 Å². The number of para-hydroxylation sites is 1. The highest BCUT2D eigenvalue weighted by molar-refractivity contribution is 5.88. The number of phenols is 1. The van der Waals surface area contributed by atoms with E-state index in [0.29, 0.717) is 17.1 Å². The van der Waals surface area contributed by atoms with Crippen molar-refractivity contribution >= 4 is 11.9 Å². The Morgan fingerprint density at radius 1 is 1.10 bits per heavy atom. The molecule has 2 rings (SSSR count). The van der Waals surface area contributed by atoms with E-state index in [1.165, 1.54) is 26.5 Å². The number of hydrazone groups is 1. The van der Waals surface area contributed by atoms with E-state index in [9.17, 15) is 5.11 Å². The third-order valence-corrected chi connectivity index (χ3v) is 2.71. The molecule has 5 nitrogen and oxygen atoms in total. The normalized spacial score (nSPS) is 10.5. The summed E-state index contributed by atoms with van der Waals surface area (Å²) in [6, 6.07) is 12.7. The Morgan fingerprint density at radius 2 is 1.85 bits per heavy atom. The maximum absolute atomic E-state index is 9.95. The average Bonchev–Trinajstić information content (AvgIpc) is 2.49. The molecule has 0 amide bonds. The van der Waals surface area contributed by atoms with Gasteiger partial charge in [-0.1, -0.05) is 18.2 Å². The lowest BCUT2D eigenvalue weighted by Crippen LogP contribution is -1.96. The average molecular weight is 272 g/mol. The van der Waals surface area contributed by atoms with Gasteiger partial charge >= 0.3 is 0 Å². The van der Waals surface area contributed by atoms with Crippen molar-refractivity contribution in [3.05, 3.63) is 48.0 Å². The molecule has 0 aliphatic carbocycles. The van der Waals surface area contributed by atoms with Crippen molar-refractivity contribution in [2.75, 3.05) is 19.6 Å². The summed E-state index contributed by atoms with van der Waals surface area (Å²) >= 11 is 0. The highest BCUT2D eigenvalue weighted by atomic mass is 16.5. The SMILES string of the molecule is COc1cc(O)c(/C=N/Nc2ccccc2)c(OC)c1. The number of rotatable bonds is 5. The first kappa shape index (κ1) is 13.7. The number of phenolic OH excluding ortho intramolecular Hbond substituents is 1. The van der Waals surface area contributed by atoms with Crippen LogP contribution in [0, 0.1) is 0 Å². The number of methoxy groups -OCH3 is 2. The summed E-state index contributed by atoms with van der Waals surface area (Å²) < 4.78 is 10.3. The molecule has 0 spiro atoms. The number of ether oxygens (including phenoxy) is 2. The summed E-state index contributed by atoms with van der Waals surface area (Å²) in [5, 5.41) is 14.0. The lowest BCUT2D eigenvalue weighted by molar-refractivity contribution is 0.384. The molecule has 104 valence electrons. The molecule has 2 aromatic carbocycles. The fourth-order valence-electron chi connectivity index (χ4n) is 1.69. The van der Waals surface area contributed by atoms with Gasteiger partial charge in [-0.05, 0) is 12.1 Å². The van der Waals surface area contributed by atoms with Gasteiger partial charge in [0.25, 0.3) is 0 Å². The molecule has 20 heavy (non-hydrogen) atoms. The predicted octanol–water partition coefficient (Wildman–Crippen LogP) is 2.86. The first-order valence-electron chi connectivity index (χ1n) is 6.03. The summed E-state index contributed by atoms with van der Waals surface area (Å²) in [4.78, 5) is 0. The number of hydrogen-bond donors (Lipinski definition) is 2. The van der Waals surface area contributed by atoms with Crippen LogP contribution >= 0.6 is 0 Å². The first-order valence-corrected chi connectivity index (χ1v) is 6.03. The minimum absolute atomic E-state index is 0.0415. The largest absolute Gasteiger partial charge is 0.507 e. The van der Waals surface area contributed by atoms with Crippen LogP contribution < -0.4 is 14.9 Å². The molecule has 5 heteroatoms. The van der Waals surface area contributed by atoms with Gasteiger partial charge in [0.2, 0.25) is 0 Å². The molecule has 0 saturated heterocycles. The second-order valence-corrected chi connectivity index (χ2v) is 4.00. The molecule has 0 radical (unpaired) electrons. The van der Waals surface area contributed by atoms with E-state index in [0.717, 1.165) is 5.69 Å². The van der Waals surface area contributed by atoms with Crippen molar-refractivity contribution in [1.82, 2.24) is 0 Å². The molecule has 0 bridgehead atoms. The topological polar surface area (TPSA) is 63.1 Å². The van der Waals surface area contributed by atoms with Crippen molar-refractivity contribution in [3.8, 4) is 17.2 Å². The van der Waals surface area contributed by atoms with Gasteiger partial charge in [0.1, 0.15) is 17.2 Å². The highest BCUT2D eigenvalue weighted by Crippen LogP contribution is 2.31. The summed E-state index contributed by atoms with van der Waals surface area (Å²) in [5.41, 5.74) is 4.21. The van der Waals surface area contributed by atoms with Crippen molar-refractivity contribution < 1.29 is 14.6 Å². The standard InChI is InChI=1S/C15H16N2O3/c1-19-12-8-14(18)13(15(9-12)20-2)10-16-17-11-6-4-3-5-7-11/h3-10,17-18H,1-2H3/b16-10+. The Hall–Kier alpha value is -2.69. The van der Waals surface area contributed by atoms with Gasteiger partial charge in [0.15, 0.2) is 0 Å². The molecule has 0 fully saturated rings. The number of benzene rings is 2. The maximum Gasteiger partial charge on any atom is 0.135 e. The van der Waals surface area contributed by atoms with Crippen molar-refractivity contribution in [3.63, 3.8) is 0 Å². The Labute approximate surface area is 117 Å². The molecule has 2 aromatic rings. The molecule has 0 heterocycles. The molecule has 0 saturated carbocycles. The summed E-state index contributed by atoms with van der Waals surface area (Å²) in [5.74, 6) is 1.05. The second-order valence-electron chi connectivity index (χ2n) is 4.00. The van der Waals surface area contributed by atoms with E-state index < -0.39 is 0 Å². The Balaban J connectivity index is 2.20. The number of anilines is 1. The fraction of sp³-hybridized carbons (Fsp3) is 0.133.